The van der Waals surface area contributed by atoms with Crippen molar-refractivity contribution in [2.45, 2.75) is 23.5 Å². The Morgan fingerprint density at radius 3 is 2.67 bits per heavy atom. The fourth-order valence-corrected chi connectivity index (χ4v) is 2.70. The molecule has 0 atom stereocenters. The lowest BCUT2D eigenvalue weighted by Gasteiger charge is -2.22. The number of rotatable bonds is 4. The van der Waals surface area contributed by atoms with Crippen molar-refractivity contribution in [2.75, 3.05) is 13.7 Å². The summed E-state index contributed by atoms with van der Waals surface area (Å²) in [6.07, 6.45) is 0. The van der Waals surface area contributed by atoms with Gasteiger partial charge in [0.15, 0.2) is 0 Å². The molecule has 0 saturated carbocycles. The summed E-state index contributed by atoms with van der Waals surface area (Å²) in [4.78, 5) is 1.11. The van der Waals surface area contributed by atoms with Gasteiger partial charge in [-0.3, -0.25) is 0 Å². The molecule has 0 aliphatic carbocycles. The van der Waals surface area contributed by atoms with Crippen LogP contribution in [0.3, 0.4) is 0 Å². The summed E-state index contributed by atoms with van der Waals surface area (Å²) in [5.41, 5.74) is 5.71. The molecule has 0 radical (unpaired) electrons. The minimum absolute atomic E-state index is 0.0219. The van der Waals surface area contributed by atoms with E-state index in [9.17, 15) is 0 Å². The Kier molecular flexibility index (Phi) is 4.49. The zero-order chi connectivity index (χ0) is 11.5. The van der Waals surface area contributed by atoms with Gasteiger partial charge < -0.3 is 10.5 Å². The molecule has 1 rings (SSSR count). The fourth-order valence-electron chi connectivity index (χ4n) is 1.07. The van der Waals surface area contributed by atoms with Crippen LogP contribution in [0.1, 0.15) is 13.8 Å². The largest absolute Gasteiger partial charge is 0.496 e. The highest BCUT2D eigenvalue weighted by atomic mass is 79.9. The highest BCUT2D eigenvalue weighted by molar-refractivity contribution is 9.10. The average molecular weight is 290 g/mol. The van der Waals surface area contributed by atoms with Crippen LogP contribution >= 0.6 is 27.7 Å². The van der Waals surface area contributed by atoms with Gasteiger partial charge in [-0.05, 0) is 32.0 Å². The van der Waals surface area contributed by atoms with Crippen LogP contribution < -0.4 is 10.5 Å². The van der Waals surface area contributed by atoms with Gasteiger partial charge in [-0.2, -0.15) is 0 Å². The van der Waals surface area contributed by atoms with Crippen LogP contribution in [0.2, 0.25) is 0 Å². The number of methoxy groups -OCH3 is 1. The molecule has 0 fully saturated rings. The maximum atomic E-state index is 5.71. The first-order chi connectivity index (χ1) is 6.98. The molecular formula is C11H16BrNOS. The van der Waals surface area contributed by atoms with E-state index in [4.69, 9.17) is 10.5 Å². The fraction of sp³-hybridized carbons (Fsp3) is 0.455. The van der Waals surface area contributed by atoms with Gasteiger partial charge in [-0.1, -0.05) is 15.9 Å². The number of hydrogen-bond acceptors (Lipinski definition) is 3. The minimum Gasteiger partial charge on any atom is -0.496 e. The molecular weight excluding hydrogens is 274 g/mol. The maximum absolute atomic E-state index is 5.71. The molecule has 0 spiro atoms. The monoisotopic (exact) mass is 289 g/mol. The number of thioether (sulfide) groups is 1. The Bertz CT molecular complexity index is 341. The van der Waals surface area contributed by atoms with E-state index in [0.29, 0.717) is 6.54 Å². The quantitative estimate of drug-likeness (QED) is 0.864. The summed E-state index contributed by atoms with van der Waals surface area (Å²) in [6.45, 7) is 4.88. The Hall–Kier alpha value is -0.190. The van der Waals surface area contributed by atoms with Gasteiger partial charge in [-0.15, -0.1) is 11.8 Å². The maximum Gasteiger partial charge on any atom is 0.132 e. The summed E-state index contributed by atoms with van der Waals surface area (Å²) in [5, 5.41) is 0. The van der Waals surface area contributed by atoms with E-state index >= 15 is 0 Å². The van der Waals surface area contributed by atoms with E-state index in [0.717, 1.165) is 15.1 Å². The predicted octanol–water partition coefficient (Wildman–Crippen LogP) is 3.29. The number of halogens is 1. The molecule has 0 unspecified atom stereocenters. The van der Waals surface area contributed by atoms with Crippen molar-refractivity contribution < 1.29 is 4.74 Å². The standard InChI is InChI=1S/C11H16BrNOS/c1-11(2,7-13)15-10-6-8(12)4-5-9(10)14-3/h4-6H,7,13H2,1-3H3. The van der Waals surface area contributed by atoms with Crippen molar-refractivity contribution in [3.8, 4) is 5.75 Å². The molecule has 2 nitrogen and oxygen atoms in total. The third-order valence-electron chi connectivity index (χ3n) is 2.00. The first-order valence-corrected chi connectivity index (χ1v) is 6.32. The molecule has 0 aliphatic heterocycles. The van der Waals surface area contributed by atoms with Gasteiger partial charge in [0.05, 0.1) is 12.0 Å². The van der Waals surface area contributed by atoms with Crippen LogP contribution in [0.5, 0.6) is 5.75 Å². The minimum atomic E-state index is 0.0219. The normalized spacial score (nSPS) is 11.5. The second-order valence-electron chi connectivity index (χ2n) is 3.86. The Morgan fingerprint density at radius 1 is 1.47 bits per heavy atom. The first-order valence-electron chi connectivity index (χ1n) is 4.71. The van der Waals surface area contributed by atoms with Crippen molar-refractivity contribution in [1.82, 2.24) is 0 Å². The van der Waals surface area contributed by atoms with Crippen LogP contribution in [-0.4, -0.2) is 18.4 Å². The molecule has 15 heavy (non-hydrogen) atoms. The molecule has 0 saturated heterocycles. The zero-order valence-corrected chi connectivity index (χ0v) is 11.6. The Balaban J connectivity index is 2.97. The molecule has 2 N–H and O–H groups in total. The SMILES string of the molecule is COc1ccc(Br)cc1SC(C)(C)CN. The first kappa shape index (κ1) is 12.9. The van der Waals surface area contributed by atoms with Gasteiger partial charge >= 0.3 is 0 Å². The highest BCUT2D eigenvalue weighted by Crippen LogP contribution is 2.38. The number of hydrogen-bond donors (Lipinski definition) is 1. The summed E-state index contributed by atoms with van der Waals surface area (Å²) in [5.74, 6) is 0.893. The molecule has 0 aliphatic rings. The highest BCUT2D eigenvalue weighted by Gasteiger charge is 2.19. The van der Waals surface area contributed by atoms with E-state index < -0.39 is 0 Å². The number of nitrogens with two attached hydrogens (primary N) is 1. The van der Waals surface area contributed by atoms with Crippen molar-refractivity contribution in [3.63, 3.8) is 0 Å². The number of benzene rings is 1. The molecule has 0 amide bonds. The second kappa shape index (κ2) is 5.23. The van der Waals surface area contributed by atoms with E-state index in [-0.39, 0.29) is 4.75 Å². The second-order valence-corrected chi connectivity index (χ2v) is 6.53. The summed E-state index contributed by atoms with van der Waals surface area (Å²) >= 11 is 5.19. The molecule has 0 heterocycles. The Morgan fingerprint density at radius 2 is 2.13 bits per heavy atom. The molecule has 0 aromatic heterocycles. The van der Waals surface area contributed by atoms with Crippen molar-refractivity contribution >= 4 is 27.7 Å². The van der Waals surface area contributed by atoms with Crippen LogP contribution in [0.4, 0.5) is 0 Å². The van der Waals surface area contributed by atoms with Gasteiger partial charge in [0.2, 0.25) is 0 Å². The molecule has 4 heteroatoms. The zero-order valence-electron chi connectivity index (χ0n) is 9.21. The van der Waals surface area contributed by atoms with Crippen LogP contribution in [0, 0.1) is 0 Å². The topological polar surface area (TPSA) is 35.2 Å². The van der Waals surface area contributed by atoms with Crippen LogP contribution in [0.25, 0.3) is 0 Å². The lowest BCUT2D eigenvalue weighted by Crippen LogP contribution is -2.26. The van der Waals surface area contributed by atoms with Gasteiger partial charge in [0, 0.05) is 15.8 Å². The van der Waals surface area contributed by atoms with Crippen molar-refractivity contribution in [2.24, 2.45) is 5.73 Å². The molecule has 1 aromatic rings. The summed E-state index contributed by atoms with van der Waals surface area (Å²) in [6, 6.07) is 5.98. The van der Waals surface area contributed by atoms with Crippen LogP contribution in [-0.2, 0) is 0 Å². The third kappa shape index (κ3) is 3.70. The smallest absolute Gasteiger partial charge is 0.132 e. The lowest BCUT2D eigenvalue weighted by atomic mass is 10.2. The summed E-state index contributed by atoms with van der Waals surface area (Å²) in [7, 11) is 1.68. The third-order valence-corrected chi connectivity index (χ3v) is 3.75. The average Bonchev–Trinajstić information content (AvgIpc) is 2.18. The van der Waals surface area contributed by atoms with E-state index in [1.54, 1.807) is 18.9 Å². The van der Waals surface area contributed by atoms with E-state index in [1.165, 1.54) is 0 Å². The lowest BCUT2D eigenvalue weighted by molar-refractivity contribution is 0.404. The van der Waals surface area contributed by atoms with Crippen molar-refractivity contribution in [3.05, 3.63) is 22.7 Å². The van der Waals surface area contributed by atoms with E-state index in [1.807, 2.05) is 12.1 Å². The molecule has 1 aromatic carbocycles. The molecule has 0 bridgehead atoms. The van der Waals surface area contributed by atoms with Crippen molar-refractivity contribution in [1.29, 1.82) is 0 Å². The summed E-state index contributed by atoms with van der Waals surface area (Å²) < 4.78 is 6.38. The van der Waals surface area contributed by atoms with Crippen LogP contribution in [0.15, 0.2) is 27.6 Å². The van der Waals surface area contributed by atoms with E-state index in [2.05, 4.69) is 35.8 Å². The van der Waals surface area contributed by atoms with Gasteiger partial charge in [-0.25, -0.2) is 0 Å². The predicted molar refractivity (Wildman–Crippen MR) is 69.7 cm³/mol. The van der Waals surface area contributed by atoms with Gasteiger partial charge in [0.1, 0.15) is 5.75 Å². The molecule has 84 valence electrons. The number of ether oxygens (including phenoxy) is 1. The Labute approximate surface area is 104 Å². The van der Waals surface area contributed by atoms with Gasteiger partial charge in [0.25, 0.3) is 0 Å².